The molecule has 2 aromatic carbocycles. The normalized spacial score (nSPS) is 10.1. The summed E-state index contributed by atoms with van der Waals surface area (Å²) in [4.78, 5) is 34.6. The molecular formula is C19H22N4O5. The fourth-order valence-corrected chi connectivity index (χ4v) is 2.24. The molecule has 0 spiro atoms. The Morgan fingerprint density at radius 2 is 1.04 bits per heavy atom. The van der Waals surface area contributed by atoms with Crippen molar-refractivity contribution in [3.8, 4) is 11.5 Å². The number of ketones is 1. The number of hydrogen-bond donors (Lipinski definition) is 4. The lowest BCUT2D eigenvalue weighted by atomic mass is 10.0. The molecule has 0 aliphatic heterocycles. The van der Waals surface area contributed by atoms with Crippen LogP contribution in [-0.4, -0.2) is 30.8 Å². The minimum absolute atomic E-state index is 0.141. The second-order valence-corrected chi connectivity index (χ2v) is 5.71. The van der Waals surface area contributed by atoms with Crippen LogP contribution in [-0.2, 0) is 9.59 Å². The lowest BCUT2D eigenvalue weighted by Crippen LogP contribution is -2.31. The Hall–Kier alpha value is -3.43. The number of nitrogens with two attached hydrogens (primary N) is 2. The molecule has 0 unspecified atom stereocenters. The molecule has 0 bridgehead atoms. The molecule has 0 fully saturated rings. The van der Waals surface area contributed by atoms with Crippen molar-refractivity contribution in [1.82, 2.24) is 10.9 Å². The summed E-state index contributed by atoms with van der Waals surface area (Å²) in [6.07, 6.45) is 0.283. The van der Waals surface area contributed by atoms with Gasteiger partial charge in [-0.25, -0.2) is 11.7 Å². The maximum absolute atomic E-state index is 12.5. The third-order valence-corrected chi connectivity index (χ3v) is 3.75. The number of hydrazine groups is 2. The van der Waals surface area contributed by atoms with Gasteiger partial charge in [0.15, 0.2) is 5.78 Å². The highest BCUT2D eigenvalue weighted by Crippen LogP contribution is 2.18. The van der Waals surface area contributed by atoms with Gasteiger partial charge in [-0.3, -0.25) is 25.2 Å². The predicted molar refractivity (Wildman–Crippen MR) is 101 cm³/mol. The standard InChI is InChI=1S/C19H22N4O5/c20-22-17(24)9-11-27-15-5-1-13(2-6-15)19(26)14-3-7-16(8-4-14)28-12-10-18(25)23-21/h1-8H,9-12,20-21H2,(H,22,24)(H,23,25). The van der Waals surface area contributed by atoms with E-state index in [1.165, 1.54) is 0 Å². The third-order valence-electron chi connectivity index (χ3n) is 3.75. The number of amides is 2. The van der Waals surface area contributed by atoms with Crippen molar-refractivity contribution in [2.75, 3.05) is 13.2 Å². The fourth-order valence-electron chi connectivity index (χ4n) is 2.24. The van der Waals surface area contributed by atoms with E-state index >= 15 is 0 Å². The van der Waals surface area contributed by atoms with Gasteiger partial charge >= 0.3 is 0 Å². The van der Waals surface area contributed by atoms with Crippen molar-refractivity contribution < 1.29 is 23.9 Å². The number of hydrogen-bond acceptors (Lipinski definition) is 7. The molecule has 9 heteroatoms. The summed E-state index contributed by atoms with van der Waals surface area (Å²) < 4.78 is 10.8. The lowest BCUT2D eigenvalue weighted by molar-refractivity contribution is -0.122. The van der Waals surface area contributed by atoms with Crippen LogP contribution >= 0.6 is 0 Å². The second-order valence-electron chi connectivity index (χ2n) is 5.71. The first-order chi connectivity index (χ1) is 13.5. The zero-order valence-corrected chi connectivity index (χ0v) is 15.1. The smallest absolute Gasteiger partial charge is 0.237 e. The Balaban J connectivity index is 1.88. The van der Waals surface area contributed by atoms with E-state index in [-0.39, 0.29) is 43.7 Å². The van der Waals surface area contributed by atoms with E-state index in [4.69, 9.17) is 21.2 Å². The Morgan fingerprint density at radius 3 is 1.36 bits per heavy atom. The largest absolute Gasteiger partial charge is 0.493 e. The van der Waals surface area contributed by atoms with Crippen LogP contribution in [0.15, 0.2) is 48.5 Å². The van der Waals surface area contributed by atoms with Gasteiger partial charge < -0.3 is 9.47 Å². The number of ether oxygens (including phenoxy) is 2. The lowest BCUT2D eigenvalue weighted by Gasteiger charge is -2.08. The summed E-state index contributed by atoms with van der Waals surface area (Å²) in [5.74, 6) is 10.3. The molecule has 2 amide bonds. The second kappa shape index (κ2) is 10.7. The summed E-state index contributed by atoms with van der Waals surface area (Å²) in [7, 11) is 0. The SMILES string of the molecule is NNC(=O)CCOc1ccc(C(=O)c2ccc(OCCC(=O)NN)cc2)cc1. The van der Waals surface area contributed by atoms with E-state index in [1.54, 1.807) is 48.5 Å². The summed E-state index contributed by atoms with van der Waals surface area (Å²) in [6, 6.07) is 13.2. The van der Waals surface area contributed by atoms with Gasteiger partial charge in [0.05, 0.1) is 26.1 Å². The van der Waals surface area contributed by atoms with E-state index in [1.807, 2.05) is 10.9 Å². The van der Waals surface area contributed by atoms with Gasteiger partial charge in [0.2, 0.25) is 11.8 Å². The zero-order valence-electron chi connectivity index (χ0n) is 15.1. The van der Waals surface area contributed by atoms with Gasteiger partial charge in [-0.2, -0.15) is 0 Å². The average molecular weight is 386 g/mol. The molecule has 2 rings (SSSR count). The van der Waals surface area contributed by atoms with Gasteiger partial charge in [0.1, 0.15) is 11.5 Å². The fraction of sp³-hybridized carbons (Fsp3) is 0.211. The zero-order chi connectivity index (χ0) is 20.4. The summed E-state index contributed by atoms with van der Waals surface area (Å²) in [5.41, 5.74) is 5.04. The summed E-state index contributed by atoms with van der Waals surface area (Å²) in [5, 5.41) is 0. The van der Waals surface area contributed by atoms with Gasteiger partial charge in [-0.1, -0.05) is 0 Å². The molecule has 6 N–H and O–H groups in total. The number of carbonyl (C=O) groups excluding carboxylic acids is 3. The molecule has 9 nitrogen and oxygen atoms in total. The van der Waals surface area contributed by atoms with Crippen LogP contribution in [0, 0.1) is 0 Å². The van der Waals surface area contributed by atoms with Gasteiger partial charge in [0.25, 0.3) is 0 Å². The van der Waals surface area contributed by atoms with Crippen LogP contribution in [0.2, 0.25) is 0 Å². The molecule has 0 saturated carbocycles. The summed E-state index contributed by atoms with van der Waals surface area (Å²) in [6.45, 7) is 0.370. The van der Waals surface area contributed by atoms with Crippen LogP contribution in [0.4, 0.5) is 0 Å². The molecule has 0 saturated heterocycles. The molecule has 0 radical (unpaired) electrons. The van der Waals surface area contributed by atoms with Crippen molar-refractivity contribution in [1.29, 1.82) is 0 Å². The van der Waals surface area contributed by atoms with Crippen molar-refractivity contribution in [2.24, 2.45) is 11.7 Å². The van der Waals surface area contributed by atoms with Crippen LogP contribution in [0.3, 0.4) is 0 Å². The van der Waals surface area contributed by atoms with E-state index in [0.717, 1.165) is 0 Å². The minimum atomic E-state index is -0.318. The Labute approximate surface area is 161 Å². The molecule has 0 atom stereocenters. The Kier molecular flexibility index (Phi) is 7.94. The Morgan fingerprint density at radius 1 is 0.679 bits per heavy atom. The van der Waals surface area contributed by atoms with E-state index in [9.17, 15) is 14.4 Å². The summed E-state index contributed by atoms with van der Waals surface area (Å²) >= 11 is 0. The highest BCUT2D eigenvalue weighted by Gasteiger charge is 2.10. The van der Waals surface area contributed by atoms with Crippen LogP contribution in [0.1, 0.15) is 28.8 Å². The van der Waals surface area contributed by atoms with E-state index < -0.39 is 0 Å². The maximum Gasteiger partial charge on any atom is 0.237 e. The molecule has 0 heterocycles. The molecule has 148 valence electrons. The van der Waals surface area contributed by atoms with Crippen molar-refractivity contribution in [2.45, 2.75) is 12.8 Å². The van der Waals surface area contributed by atoms with E-state index in [2.05, 4.69) is 0 Å². The van der Waals surface area contributed by atoms with Crippen LogP contribution < -0.4 is 32.0 Å². The highest BCUT2D eigenvalue weighted by atomic mass is 16.5. The average Bonchev–Trinajstić information content (AvgIpc) is 2.74. The highest BCUT2D eigenvalue weighted by molar-refractivity contribution is 6.09. The number of benzene rings is 2. The predicted octanol–water partition coefficient (Wildman–Crippen LogP) is 0.435. The van der Waals surface area contributed by atoms with E-state index in [0.29, 0.717) is 22.6 Å². The molecular weight excluding hydrogens is 364 g/mol. The molecule has 0 aliphatic carbocycles. The molecule has 28 heavy (non-hydrogen) atoms. The van der Waals surface area contributed by atoms with Gasteiger partial charge in [-0.05, 0) is 48.5 Å². The number of nitrogens with one attached hydrogen (secondary N) is 2. The van der Waals surface area contributed by atoms with Gasteiger partial charge in [-0.15, -0.1) is 0 Å². The topological polar surface area (TPSA) is 146 Å². The first kappa shape index (κ1) is 20.9. The quantitative estimate of drug-likeness (QED) is 0.200. The minimum Gasteiger partial charge on any atom is -0.493 e. The monoisotopic (exact) mass is 386 g/mol. The molecule has 0 aromatic heterocycles. The maximum atomic E-state index is 12.5. The number of rotatable bonds is 10. The van der Waals surface area contributed by atoms with Crippen molar-refractivity contribution >= 4 is 17.6 Å². The molecule has 2 aromatic rings. The Bertz CT molecular complexity index is 739. The first-order valence-electron chi connectivity index (χ1n) is 8.53. The van der Waals surface area contributed by atoms with Crippen LogP contribution in [0.5, 0.6) is 11.5 Å². The van der Waals surface area contributed by atoms with Gasteiger partial charge in [0, 0.05) is 11.1 Å². The molecule has 0 aliphatic rings. The number of carbonyl (C=O) groups is 3. The van der Waals surface area contributed by atoms with Crippen LogP contribution in [0.25, 0.3) is 0 Å². The first-order valence-corrected chi connectivity index (χ1v) is 8.53. The van der Waals surface area contributed by atoms with Crippen molar-refractivity contribution in [3.05, 3.63) is 59.7 Å². The van der Waals surface area contributed by atoms with Crippen molar-refractivity contribution in [3.63, 3.8) is 0 Å². The third kappa shape index (κ3) is 6.38.